The van der Waals surface area contributed by atoms with Gasteiger partial charge in [0.2, 0.25) is 0 Å². The van der Waals surface area contributed by atoms with Gasteiger partial charge in [0.25, 0.3) is 0 Å². The van der Waals surface area contributed by atoms with E-state index < -0.39 is 0 Å². The molecule has 3 nitrogen and oxygen atoms in total. The largest absolute Gasteiger partial charge is 0.455 e. The van der Waals surface area contributed by atoms with Gasteiger partial charge >= 0.3 is 0 Å². The fourth-order valence-corrected chi connectivity index (χ4v) is 29.4. The molecule has 0 N–H and O–H groups in total. The third kappa shape index (κ3) is 11.8. The number of benzene rings is 18. The maximum absolute atomic E-state index is 7.02. The van der Waals surface area contributed by atoms with Crippen LogP contribution in [0.5, 0.6) is 0 Å². The van der Waals surface area contributed by atoms with Crippen LogP contribution in [0, 0.1) is 41.4 Å². The van der Waals surface area contributed by atoms with Crippen LogP contribution in [0.3, 0.4) is 0 Å². The standard InChI is InChI=1S/C129H96N2OS/c1-3-29-84(30-4-1)95-35-7-8-36-99(95)100-37-9-10-38-101(100)108-43-15-21-55-121(108)130(93-62-65-106-104-41-13-19-53-117(104)128(119(106)78-93)88-61-59-80-67-81(70-88)71-89(128)69-80)92-34-25-33-86(76-92)97-47-26-51-114-115-52-27-48-98(127(115)133-126(97)114)87-60-64-96(85-31-5-2-6-32-85)116(77-87)103-40-12-11-39-102(103)109-44-16-22-56-122(109)131(123-57-23-17-45-110(123)112-49-28-50-113-111-46-18-24-58-124(111)132-125(112)113)94-63-66-107-105-42-14-20-54-118(105)129(120(107)79-94)90-72-82-68-83(74-90)75-91(129)73-82/h1-60,62-66,76-79,81-83,88-91H,61,67-75H2. The number of allylic oxidation sites excluding steroid dienone is 2. The van der Waals surface area contributed by atoms with E-state index in [4.69, 9.17) is 4.42 Å². The van der Waals surface area contributed by atoms with Crippen LogP contribution in [-0.2, 0) is 10.8 Å². The van der Waals surface area contributed by atoms with Crippen molar-refractivity contribution < 1.29 is 4.42 Å². The van der Waals surface area contributed by atoms with Crippen LogP contribution >= 0.6 is 11.3 Å². The Bertz CT molecular complexity index is 8170. The minimum absolute atomic E-state index is 0.0427. The molecule has 2 spiro atoms. The molecule has 2 aromatic heterocycles. The average molecular weight is 1720 g/mol. The summed E-state index contributed by atoms with van der Waals surface area (Å²) in [5, 5.41) is 4.76. The summed E-state index contributed by atoms with van der Waals surface area (Å²) in [5.41, 5.74) is 43.1. The zero-order valence-electron chi connectivity index (χ0n) is 74.2. The number of anilines is 6. The molecule has 4 unspecified atom stereocenters. The van der Waals surface area contributed by atoms with Crippen molar-refractivity contribution in [2.45, 2.75) is 75.0 Å². The molecular weight excluding hydrogens is 1630 g/mol. The number of hydrogen-bond acceptors (Lipinski definition) is 4. The maximum Gasteiger partial charge on any atom is 0.143 e. The Balaban J connectivity index is 0.599. The van der Waals surface area contributed by atoms with Crippen LogP contribution in [0.4, 0.5) is 34.1 Å². The smallest absolute Gasteiger partial charge is 0.143 e. The Morgan fingerprint density at radius 3 is 1.23 bits per heavy atom. The highest BCUT2D eigenvalue weighted by molar-refractivity contribution is 7.26. The van der Waals surface area contributed by atoms with Crippen LogP contribution in [0.1, 0.15) is 86.5 Å². The molecule has 4 atom stereocenters. The lowest BCUT2D eigenvalue weighted by atomic mass is 9.43. The summed E-state index contributed by atoms with van der Waals surface area (Å²) in [5.74, 6) is 4.71. The molecule has 8 bridgehead atoms. The summed E-state index contributed by atoms with van der Waals surface area (Å²) in [6.45, 7) is 0. The summed E-state index contributed by atoms with van der Waals surface area (Å²) >= 11 is 1.94. The van der Waals surface area contributed by atoms with Gasteiger partial charge in [-0.25, -0.2) is 0 Å². The van der Waals surface area contributed by atoms with Crippen LogP contribution < -0.4 is 9.80 Å². The molecule has 18 aromatic carbocycles. The molecule has 0 saturated heterocycles. The summed E-state index contributed by atoms with van der Waals surface area (Å²) in [6, 6.07) is 158. The number of furan rings is 1. The van der Waals surface area contributed by atoms with E-state index in [2.05, 4.69) is 428 Å². The minimum atomic E-state index is -0.0849. The molecule has 133 heavy (non-hydrogen) atoms. The van der Waals surface area contributed by atoms with E-state index in [0.29, 0.717) is 23.7 Å². The summed E-state index contributed by atoms with van der Waals surface area (Å²) in [6.07, 6.45) is 15.5. The molecule has 2 heterocycles. The molecule has 634 valence electrons. The second kappa shape index (κ2) is 30.5. The van der Waals surface area contributed by atoms with Crippen molar-refractivity contribution in [3.63, 3.8) is 0 Å². The van der Waals surface area contributed by atoms with Gasteiger partial charge in [-0.05, 0) is 295 Å². The van der Waals surface area contributed by atoms with E-state index in [0.717, 1.165) is 96.8 Å². The van der Waals surface area contributed by atoms with Crippen molar-refractivity contribution in [1.29, 1.82) is 0 Å². The van der Waals surface area contributed by atoms with Crippen molar-refractivity contribution in [2.75, 3.05) is 9.80 Å². The van der Waals surface area contributed by atoms with Gasteiger partial charge in [0.05, 0.1) is 17.1 Å². The number of hydrogen-bond donors (Lipinski definition) is 0. The predicted octanol–water partition coefficient (Wildman–Crippen LogP) is 35.7. The molecule has 6 saturated carbocycles. The molecular formula is C129H96N2OS. The highest BCUT2D eigenvalue weighted by Crippen LogP contribution is 2.72. The minimum Gasteiger partial charge on any atom is -0.455 e. The third-order valence-electron chi connectivity index (χ3n) is 33.0. The van der Waals surface area contributed by atoms with Crippen molar-refractivity contribution in [3.8, 4) is 122 Å². The first kappa shape index (κ1) is 77.1. The van der Waals surface area contributed by atoms with E-state index in [1.54, 1.807) is 16.7 Å². The van der Waals surface area contributed by atoms with Crippen molar-refractivity contribution in [3.05, 3.63) is 446 Å². The van der Waals surface area contributed by atoms with Gasteiger partial charge in [-0.1, -0.05) is 357 Å². The van der Waals surface area contributed by atoms with Gasteiger partial charge in [-0.2, -0.15) is 0 Å². The highest BCUT2D eigenvalue weighted by Gasteiger charge is 2.62. The molecule has 10 aliphatic carbocycles. The van der Waals surface area contributed by atoms with Crippen LogP contribution in [-0.4, -0.2) is 0 Å². The molecule has 0 radical (unpaired) electrons. The van der Waals surface area contributed by atoms with Crippen LogP contribution in [0.15, 0.2) is 429 Å². The molecule has 30 rings (SSSR count). The SMILES string of the molecule is C1=C2CC3CC(C1)C1(c4ccccc4-c4ccc(N(c5cccc(-c6cccc7c6sc6c(-c8ccc(-c9ccccc9)c(-c9ccccc9-c9ccccc9N(c9ccc%10c(c9)C9(c%11ccccc%11-%10)C%10CC%11CC(C%10)CC9C%11)c9ccccc9-c9cccc%10c9oc9ccccc9%10)c8)cccc67)c5)c5ccccc5-c5ccccc5-c5ccccc5-c5ccccc5)cc41)C(C2)C3. The monoisotopic (exact) mass is 1720 g/mol. The van der Waals surface area contributed by atoms with Crippen LogP contribution in [0.25, 0.3) is 165 Å². The highest BCUT2D eigenvalue weighted by atomic mass is 32.1. The second-order valence-corrected chi connectivity index (χ2v) is 40.5. The number of nitrogens with zero attached hydrogens (tertiary/aromatic N) is 2. The predicted molar refractivity (Wildman–Crippen MR) is 556 cm³/mol. The molecule has 4 heteroatoms. The van der Waals surface area contributed by atoms with Gasteiger partial charge < -0.3 is 14.2 Å². The lowest BCUT2D eigenvalue weighted by Gasteiger charge is -2.61. The number of para-hydroxylation sites is 5. The molecule has 0 amide bonds. The van der Waals surface area contributed by atoms with Crippen molar-refractivity contribution >= 4 is 87.6 Å². The Labute approximate surface area is 781 Å². The average Bonchev–Trinajstić information content (AvgIpc) is 1.53. The summed E-state index contributed by atoms with van der Waals surface area (Å²) in [7, 11) is 0. The van der Waals surface area contributed by atoms with Crippen LogP contribution in [0.2, 0.25) is 0 Å². The fraction of sp³-hybridized carbons (Fsp3) is 0.147. The molecule has 6 fully saturated rings. The van der Waals surface area contributed by atoms with Crippen molar-refractivity contribution in [1.82, 2.24) is 0 Å². The van der Waals surface area contributed by atoms with E-state index in [9.17, 15) is 0 Å². The zero-order chi connectivity index (χ0) is 87.1. The van der Waals surface area contributed by atoms with E-state index >= 15 is 0 Å². The number of thiophene rings is 1. The van der Waals surface area contributed by atoms with Gasteiger partial charge in [-0.15, -0.1) is 11.3 Å². The van der Waals surface area contributed by atoms with Crippen molar-refractivity contribution in [2.24, 2.45) is 41.4 Å². The topological polar surface area (TPSA) is 19.6 Å². The zero-order valence-corrected chi connectivity index (χ0v) is 75.0. The first-order valence-corrected chi connectivity index (χ1v) is 49.3. The number of rotatable bonds is 15. The van der Waals surface area contributed by atoms with E-state index in [1.807, 2.05) is 11.3 Å². The molecule has 0 aliphatic heterocycles. The molecule has 10 aliphatic rings. The van der Waals surface area contributed by atoms with Gasteiger partial charge in [0.15, 0.2) is 0 Å². The lowest BCUT2D eigenvalue weighted by molar-refractivity contribution is -0.0399. The maximum atomic E-state index is 7.02. The first-order chi connectivity index (χ1) is 65.9. The summed E-state index contributed by atoms with van der Waals surface area (Å²) in [4.78, 5) is 5.26. The Morgan fingerprint density at radius 2 is 0.624 bits per heavy atom. The Hall–Kier alpha value is -14.7. The summed E-state index contributed by atoms with van der Waals surface area (Å²) < 4.78 is 9.56. The quantitative estimate of drug-likeness (QED) is 0.0954. The Morgan fingerprint density at radius 1 is 0.233 bits per heavy atom. The van der Waals surface area contributed by atoms with E-state index in [1.165, 1.54) is 195 Å². The van der Waals surface area contributed by atoms with Gasteiger partial charge in [0, 0.05) is 81.1 Å². The lowest BCUT2D eigenvalue weighted by Crippen LogP contribution is -2.55. The molecule has 20 aromatic rings. The fourth-order valence-electron chi connectivity index (χ4n) is 28.0. The normalized spacial score (nSPS) is 20.7. The van der Waals surface area contributed by atoms with E-state index in [-0.39, 0.29) is 10.8 Å². The first-order valence-electron chi connectivity index (χ1n) is 48.4. The number of fused-ring (bicyclic) bond motifs is 13. The third-order valence-corrected chi connectivity index (χ3v) is 34.2. The Kier molecular flexibility index (Phi) is 17.7. The van der Waals surface area contributed by atoms with Gasteiger partial charge in [-0.3, -0.25) is 0 Å². The second-order valence-electron chi connectivity index (χ2n) is 39.5. The van der Waals surface area contributed by atoms with Gasteiger partial charge in [0.1, 0.15) is 11.2 Å².